The van der Waals surface area contributed by atoms with Gasteiger partial charge in [-0.05, 0) is 49.1 Å². The van der Waals surface area contributed by atoms with E-state index in [1.54, 1.807) is 23.7 Å². The van der Waals surface area contributed by atoms with Gasteiger partial charge in [0.1, 0.15) is 10.7 Å². The van der Waals surface area contributed by atoms with Crippen molar-refractivity contribution in [2.24, 2.45) is 24.1 Å². The van der Waals surface area contributed by atoms with Gasteiger partial charge < -0.3 is 22.1 Å². The Morgan fingerprint density at radius 1 is 1.27 bits per heavy atom. The number of rotatable bonds is 3. The fourth-order valence-electron chi connectivity index (χ4n) is 5.02. The zero-order valence-electron chi connectivity index (χ0n) is 17.4. The number of piperidine rings is 1. The van der Waals surface area contributed by atoms with Crippen LogP contribution in [-0.2, 0) is 7.05 Å². The Morgan fingerprint density at radius 2 is 1.97 bits per heavy atom. The minimum Gasteiger partial charge on any atom is -0.397 e. The Kier molecular flexibility index (Phi) is 5.67. The van der Waals surface area contributed by atoms with Crippen molar-refractivity contribution < 1.29 is 0 Å². The van der Waals surface area contributed by atoms with Crippen molar-refractivity contribution in [3.63, 3.8) is 0 Å². The molecule has 0 unspecified atom stereocenters. The largest absolute Gasteiger partial charge is 0.397 e. The zero-order valence-corrected chi connectivity index (χ0v) is 19.0. The van der Waals surface area contributed by atoms with Crippen LogP contribution in [-0.4, -0.2) is 28.7 Å². The first-order valence-electron chi connectivity index (χ1n) is 10.3. The van der Waals surface area contributed by atoms with E-state index in [2.05, 4.69) is 16.8 Å². The minimum absolute atomic E-state index is 0.188. The van der Waals surface area contributed by atoms with Gasteiger partial charge in [0.2, 0.25) is 5.95 Å². The van der Waals surface area contributed by atoms with Gasteiger partial charge in [0.25, 0.3) is 5.56 Å². The van der Waals surface area contributed by atoms with E-state index in [1.165, 1.54) is 18.2 Å². The van der Waals surface area contributed by atoms with Crippen molar-refractivity contribution >= 4 is 40.8 Å². The standard InChI is InChI=1S/C21H29ClN6OS/c1-12-10-15(24)21(11-12)6-8-28(9-7-21)20-26-18(25)17(19(29)27(20)2)30-14-5-3-4-13(23)16(14)22/h3-5,12,15H,6-11,23-25H2,1-2H3/t12-,15+/m0/s1. The molecule has 1 aromatic heterocycles. The lowest BCUT2D eigenvalue weighted by Gasteiger charge is -2.42. The smallest absolute Gasteiger partial charge is 0.270 e. The molecule has 2 fully saturated rings. The third-order valence-corrected chi connectivity index (χ3v) is 8.38. The maximum Gasteiger partial charge on any atom is 0.270 e. The van der Waals surface area contributed by atoms with Crippen molar-refractivity contribution in [2.45, 2.75) is 48.4 Å². The summed E-state index contributed by atoms with van der Waals surface area (Å²) in [6.45, 7) is 3.94. The van der Waals surface area contributed by atoms with Crippen LogP contribution in [0.15, 0.2) is 32.8 Å². The summed E-state index contributed by atoms with van der Waals surface area (Å²) in [5, 5.41) is 0.413. The predicted molar refractivity (Wildman–Crippen MR) is 124 cm³/mol. The molecule has 1 aromatic carbocycles. The molecule has 9 heteroatoms. The molecule has 0 radical (unpaired) electrons. The maximum atomic E-state index is 13.1. The highest BCUT2D eigenvalue weighted by Crippen LogP contribution is 2.48. The lowest BCUT2D eigenvalue weighted by Crippen LogP contribution is -2.48. The lowest BCUT2D eigenvalue weighted by molar-refractivity contribution is 0.192. The normalized spacial score (nSPS) is 23.3. The maximum absolute atomic E-state index is 13.1. The number of nitrogens with two attached hydrogens (primary N) is 3. The number of hydrogen-bond donors (Lipinski definition) is 3. The molecule has 2 aromatic rings. The highest BCUT2D eigenvalue weighted by molar-refractivity contribution is 7.99. The average Bonchev–Trinajstić information content (AvgIpc) is 2.98. The SMILES string of the molecule is C[C@H]1C[C@@H](N)C2(CCN(c3nc(N)c(Sc4cccc(N)c4Cl)c(=O)n3C)CC2)C1. The van der Waals surface area contributed by atoms with Gasteiger partial charge in [-0.25, -0.2) is 0 Å². The fourth-order valence-corrected chi connectivity index (χ4v) is 6.21. The topological polar surface area (TPSA) is 116 Å². The molecule has 7 nitrogen and oxygen atoms in total. The summed E-state index contributed by atoms with van der Waals surface area (Å²) in [6, 6.07) is 5.59. The second kappa shape index (κ2) is 7.98. The van der Waals surface area contributed by atoms with E-state index in [9.17, 15) is 4.79 Å². The summed E-state index contributed by atoms with van der Waals surface area (Å²) < 4.78 is 1.58. The van der Waals surface area contributed by atoms with Crippen LogP contribution in [0.5, 0.6) is 0 Å². The summed E-state index contributed by atoms with van der Waals surface area (Å²) in [4.78, 5) is 20.9. The van der Waals surface area contributed by atoms with Crippen molar-refractivity contribution in [3.8, 4) is 0 Å². The van der Waals surface area contributed by atoms with Crippen LogP contribution < -0.4 is 27.7 Å². The number of aromatic nitrogens is 2. The summed E-state index contributed by atoms with van der Waals surface area (Å²) in [6.07, 6.45) is 4.32. The monoisotopic (exact) mass is 448 g/mol. The molecule has 1 aliphatic heterocycles. The van der Waals surface area contributed by atoms with Crippen molar-refractivity contribution in [2.75, 3.05) is 29.5 Å². The van der Waals surface area contributed by atoms with E-state index in [0.29, 0.717) is 32.4 Å². The first-order chi connectivity index (χ1) is 14.2. The van der Waals surface area contributed by atoms with E-state index in [0.717, 1.165) is 32.4 Å². The van der Waals surface area contributed by atoms with Gasteiger partial charge in [-0.15, -0.1) is 0 Å². The van der Waals surface area contributed by atoms with Crippen LogP contribution in [0.25, 0.3) is 0 Å². The van der Waals surface area contributed by atoms with Crippen LogP contribution >= 0.6 is 23.4 Å². The molecule has 4 rings (SSSR count). The Balaban J connectivity index is 1.58. The Hall–Kier alpha value is -1.90. The second-order valence-electron chi connectivity index (χ2n) is 8.75. The van der Waals surface area contributed by atoms with Gasteiger partial charge in [-0.2, -0.15) is 4.98 Å². The van der Waals surface area contributed by atoms with Crippen molar-refractivity contribution in [3.05, 3.63) is 33.6 Å². The molecule has 1 saturated heterocycles. The van der Waals surface area contributed by atoms with Gasteiger partial charge in [-0.1, -0.05) is 36.4 Å². The molecular formula is C21H29ClN6OS. The number of nitrogens with zero attached hydrogens (tertiary/aromatic N) is 3. The van der Waals surface area contributed by atoms with Crippen molar-refractivity contribution in [1.82, 2.24) is 9.55 Å². The summed E-state index contributed by atoms with van der Waals surface area (Å²) in [5.41, 5.74) is 19.1. The number of hydrogen-bond acceptors (Lipinski definition) is 7. The summed E-state index contributed by atoms with van der Waals surface area (Å²) >= 11 is 7.49. The highest BCUT2D eigenvalue weighted by atomic mass is 35.5. The molecule has 162 valence electrons. The van der Waals surface area contributed by atoms with Crippen LogP contribution in [0.3, 0.4) is 0 Å². The van der Waals surface area contributed by atoms with Gasteiger partial charge in [0, 0.05) is 31.1 Å². The number of nitrogen functional groups attached to an aromatic ring is 2. The molecule has 0 bridgehead atoms. The first-order valence-corrected chi connectivity index (χ1v) is 11.5. The van der Waals surface area contributed by atoms with Gasteiger partial charge >= 0.3 is 0 Å². The van der Waals surface area contributed by atoms with Gasteiger partial charge in [0.15, 0.2) is 0 Å². The van der Waals surface area contributed by atoms with Crippen LogP contribution in [0.1, 0.15) is 32.6 Å². The molecule has 0 amide bonds. The molecule has 1 saturated carbocycles. The van der Waals surface area contributed by atoms with Crippen LogP contribution in [0, 0.1) is 11.3 Å². The quantitative estimate of drug-likeness (QED) is 0.617. The third-order valence-electron chi connectivity index (χ3n) is 6.70. The Morgan fingerprint density at radius 3 is 2.60 bits per heavy atom. The Labute approximate surface area is 186 Å². The third kappa shape index (κ3) is 3.65. The van der Waals surface area contributed by atoms with Gasteiger partial charge in [0.05, 0.1) is 10.7 Å². The zero-order chi connectivity index (χ0) is 21.6. The molecular weight excluding hydrogens is 420 g/mol. The molecule has 6 N–H and O–H groups in total. The number of benzene rings is 1. The Bertz CT molecular complexity index is 1020. The molecule has 1 spiro atoms. The predicted octanol–water partition coefficient (Wildman–Crippen LogP) is 3.09. The van der Waals surface area contributed by atoms with Gasteiger partial charge in [-0.3, -0.25) is 9.36 Å². The minimum atomic E-state index is -0.188. The van der Waals surface area contributed by atoms with E-state index in [-0.39, 0.29) is 22.8 Å². The van der Waals surface area contributed by atoms with E-state index in [1.807, 2.05) is 6.07 Å². The van der Waals surface area contributed by atoms with Crippen molar-refractivity contribution in [1.29, 1.82) is 0 Å². The average molecular weight is 449 g/mol. The molecule has 2 atom stereocenters. The van der Waals surface area contributed by atoms with E-state index >= 15 is 0 Å². The number of anilines is 3. The van der Waals surface area contributed by atoms with E-state index in [4.69, 9.17) is 28.8 Å². The summed E-state index contributed by atoms with van der Waals surface area (Å²) in [7, 11) is 1.74. The molecule has 2 heterocycles. The first kappa shape index (κ1) is 21.3. The molecule has 1 aliphatic carbocycles. The van der Waals surface area contributed by atoms with Crippen LogP contribution in [0.2, 0.25) is 5.02 Å². The van der Waals surface area contributed by atoms with Crippen LogP contribution in [0.4, 0.5) is 17.5 Å². The fraction of sp³-hybridized carbons (Fsp3) is 0.524. The summed E-state index contributed by atoms with van der Waals surface area (Å²) in [5.74, 6) is 1.50. The van der Waals surface area contributed by atoms with E-state index < -0.39 is 0 Å². The molecule has 30 heavy (non-hydrogen) atoms. The molecule has 2 aliphatic rings. The number of halogens is 1. The lowest BCUT2D eigenvalue weighted by atomic mass is 9.74. The second-order valence-corrected chi connectivity index (χ2v) is 10.2. The highest BCUT2D eigenvalue weighted by Gasteiger charge is 2.46.